The van der Waals surface area contributed by atoms with Gasteiger partial charge < -0.3 is 9.47 Å². The average Bonchev–Trinajstić information content (AvgIpc) is 3.12. The molecule has 1 saturated heterocycles. The number of hydrogen-bond donors (Lipinski definition) is 0. The first kappa shape index (κ1) is 17.0. The maximum Gasteiger partial charge on any atom is 0.167 e. The molecule has 1 aliphatic carbocycles. The van der Waals surface area contributed by atoms with Crippen LogP contribution in [0.3, 0.4) is 0 Å². The first-order valence-corrected chi connectivity index (χ1v) is 8.15. The molecule has 24 heavy (non-hydrogen) atoms. The summed E-state index contributed by atoms with van der Waals surface area (Å²) in [5.74, 6) is -2.66. The van der Waals surface area contributed by atoms with Gasteiger partial charge >= 0.3 is 0 Å². The van der Waals surface area contributed by atoms with E-state index in [2.05, 4.69) is 0 Å². The van der Waals surface area contributed by atoms with E-state index in [1.54, 1.807) is 38.1 Å². The molecule has 2 aliphatic rings. The van der Waals surface area contributed by atoms with Crippen molar-refractivity contribution in [2.75, 3.05) is 6.61 Å². The Labute approximate surface area is 141 Å². The predicted molar refractivity (Wildman–Crippen MR) is 86.5 cm³/mol. The van der Waals surface area contributed by atoms with Gasteiger partial charge in [0.25, 0.3) is 0 Å². The minimum Gasteiger partial charge on any atom is -0.348 e. The number of carbonyl (C=O) groups excluding carboxylic acids is 3. The molecule has 5 heteroatoms. The third kappa shape index (κ3) is 2.43. The molecule has 128 valence electrons. The van der Waals surface area contributed by atoms with Crippen LogP contribution in [0.1, 0.15) is 38.1 Å². The van der Waals surface area contributed by atoms with Crippen LogP contribution in [-0.2, 0) is 19.1 Å². The highest BCUT2D eigenvalue weighted by molar-refractivity contribution is 6.17. The number of benzene rings is 1. The van der Waals surface area contributed by atoms with Gasteiger partial charge in [0.15, 0.2) is 11.6 Å². The SMILES string of the molecule is CC(=O)C1(C(C)=O)[C@@H]([C@@H]2COC(C)(C)O2)[C@H]1C(=O)c1ccccc1. The highest BCUT2D eigenvalue weighted by atomic mass is 16.7. The van der Waals surface area contributed by atoms with Gasteiger partial charge in [-0.3, -0.25) is 14.4 Å². The molecule has 0 N–H and O–H groups in total. The van der Waals surface area contributed by atoms with Crippen LogP contribution < -0.4 is 0 Å². The van der Waals surface area contributed by atoms with Crippen LogP contribution in [-0.4, -0.2) is 35.8 Å². The van der Waals surface area contributed by atoms with Gasteiger partial charge in [-0.25, -0.2) is 0 Å². The second-order valence-electron chi connectivity index (χ2n) is 7.08. The second-order valence-corrected chi connectivity index (χ2v) is 7.08. The van der Waals surface area contributed by atoms with Crippen molar-refractivity contribution in [1.82, 2.24) is 0 Å². The van der Waals surface area contributed by atoms with Gasteiger partial charge in [0, 0.05) is 17.4 Å². The van der Waals surface area contributed by atoms with Gasteiger partial charge in [-0.05, 0) is 27.7 Å². The number of Topliss-reactive ketones (excluding diaryl/α,β-unsaturated/α-hetero) is 3. The molecule has 1 aromatic rings. The van der Waals surface area contributed by atoms with E-state index in [1.165, 1.54) is 13.8 Å². The minimum absolute atomic E-state index is 0.181. The zero-order chi connectivity index (χ0) is 17.7. The van der Waals surface area contributed by atoms with Crippen molar-refractivity contribution in [1.29, 1.82) is 0 Å². The molecule has 5 nitrogen and oxygen atoms in total. The van der Waals surface area contributed by atoms with Crippen molar-refractivity contribution >= 4 is 17.3 Å². The Morgan fingerprint density at radius 1 is 1.04 bits per heavy atom. The monoisotopic (exact) mass is 330 g/mol. The van der Waals surface area contributed by atoms with E-state index in [-0.39, 0.29) is 24.0 Å². The summed E-state index contributed by atoms with van der Waals surface area (Å²) in [6, 6.07) is 8.77. The van der Waals surface area contributed by atoms with Crippen LogP contribution in [0.4, 0.5) is 0 Å². The second kappa shape index (κ2) is 5.60. The smallest absolute Gasteiger partial charge is 0.167 e. The number of hydrogen-bond acceptors (Lipinski definition) is 5. The Morgan fingerprint density at radius 2 is 1.62 bits per heavy atom. The van der Waals surface area contributed by atoms with E-state index in [0.29, 0.717) is 5.56 Å². The third-order valence-electron chi connectivity index (χ3n) is 5.20. The lowest BCUT2D eigenvalue weighted by Crippen LogP contribution is -2.30. The van der Waals surface area contributed by atoms with Gasteiger partial charge in [0.1, 0.15) is 17.0 Å². The molecule has 0 radical (unpaired) electrons. The van der Waals surface area contributed by atoms with E-state index in [0.717, 1.165) is 0 Å². The topological polar surface area (TPSA) is 69.7 Å². The van der Waals surface area contributed by atoms with Crippen LogP contribution in [0, 0.1) is 17.3 Å². The van der Waals surface area contributed by atoms with Gasteiger partial charge in [-0.1, -0.05) is 30.3 Å². The van der Waals surface area contributed by atoms with Crippen LogP contribution in [0.5, 0.6) is 0 Å². The molecule has 1 heterocycles. The number of carbonyl (C=O) groups is 3. The molecule has 0 bridgehead atoms. The summed E-state index contributed by atoms with van der Waals surface area (Å²) >= 11 is 0. The number of ether oxygens (including phenoxy) is 2. The number of rotatable bonds is 5. The molecule has 2 fully saturated rings. The van der Waals surface area contributed by atoms with Gasteiger partial charge in [-0.15, -0.1) is 0 Å². The van der Waals surface area contributed by atoms with E-state index in [1.807, 2.05) is 6.07 Å². The van der Waals surface area contributed by atoms with Crippen LogP contribution >= 0.6 is 0 Å². The molecule has 0 spiro atoms. The highest BCUT2D eigenvalue weighted by Crippen LogP contribution is 2.64. The molecule has 1 aliphatic heterocycles. The molecule has 0 unspecified atom stereocenters. The first-order chi connectivity index (χ1) is 11.2. The molecule has 1 saturated carbocycles. The summed E-state index contributed by atoms with van der Waals surface area (Å²) in [6.45, 7) is 6.61. The summed E-state index contributed by atoms with van der Waals surface area (Å²) < 4.78 is 11.5. The van der Waals surface area contributed by atoms with E-state index in [9.17, 15) is 14.4 Å². The quantitative estimate of drug-likeness (QED) is 0.612. The maximum absolute atomic E-state index is 13.0. The minimum atomic E-state index is -1.29. The van der Waals surface area contributed by atoms with Crippen molar-refractivity contribution in [3.63, 3.8) is 0 Å². The van der Waals surface area contributed by atoms with Gasteiger partial charge in [-0.2, -0.15) is 0 Å². The Bertz CT molecular complexity index is 677. The van der Waals surface area contributed by atoms with Gasteiger partial charge in [0.2, 0.25) is 0 Å². The lowest BCUT2D eigenvalue weighted by Gasteiger charge is -2.18. The van der Waals surface area contributed by atoms with Crippen molar-refractivity contribution in [2.45, 2.75) is 39.6 Å². The summed E-state index contributed by atoms with van der Waals surface area (Å²) in [7, 11) is 0. The van der Waals surface area contributed by atoms with Crippen LogP contribution in [0.25, 0.3) is 0 Å². The zero-order valence-corrected chi connectivity index (χ0v) is 14.4. The summed E-state index contributed by atoms with van der Waals surface area (Å²) in [5, 5.41) is 0. The molecule has 0 aromatic heterocycles. The van der Waals surface area contributed by atoms with Crippen molar-refractivity contribution in [2.24, 2.45) is 17.3 Å². The molecular formula is C19H22O5. The fraction of sp³-hybridized carbons (Fsp3) is 0.526. The van der Waals surface area contributed by atoms with E-state index >= 15 is 0 Å². The predicted octanol–water partition coefficient (Wildman–Crippen LogP) is 2.43. The lowest BCUT2D eigenvalue weighted by atomic mass is 9.89. The van der Waals surface area contributed by atoms with Crippen LogP contribution in [0.15, 0.2) is 30.3 Å². The standard InChI is InChI=1S/C19H22O5/c1-11(20)19(12(2)21)15(14-10-23-18(3,4)24-14)16(19)17(22)13-8-6-5-7-9-13/h5-9,14-16H,10H2,1-4H3/t14-,15-,16-/m0/s1. The summed E-state index contributed by atoms with van der Waals surface area (Å²) in [5.41, 5.74) is -0.781. The zero-order valence-electron chi connectivity index (χ0n) is 14.4. The average molecular weight is 330 g/mol. The Balaban J connectivity index is 1.98. The Morgan fingerprint density at radius 3 is 2.08 bits per heavy atom. The molecule has 3 atom stereocenters. The molecule has 3 rings (SSSR count). The highest BCUT2D eigenvalue weighted by Gasteiger charge is 2.76. The first-order valence-electron chi connectivity index (χ1n) is 8.15. The molecule has 1 aromatic carbocycles. The Hall–Kier alpha value is -1.85. The van der Waals surface area contributed by atoms with Gasteiger partial charge in [0.05, 0.1) is 12.7 Å². The normalized spacial score (nSPS) is 29.9. The fourth-order valence-corrected chi connectivity index (χ4v) is 4.12. The molecule has 0 amide bonds. The van der Waals surface area contributed by atoms with Crippen molar-refractivity contribution < 1.29 is 23.9 Å². The lowest BCUT2D eigenvalue weighted by molar-refractivity contribution is -0.146. The van der Waals surface area contributed by atoms with E-state index in [4.69, 9.17) is 9.47 Å². The number of ketones is 3. The maximum atomic E-state index is 13.0. The van der Waals surface area contributed by atoms with Crippen LogP contribution in [0.2, 0.25) is 0 Å². The summed E-state index contributed by atoms with van der Waals surface area (Å²) in [6.07, 6.45) is -0.439. The summed E-state index contributed by atoms with van der Waals surface area (Å²) in [4.78, 5) is 37.7. The molecular weight excluding hydrogens is 308 g/mol. The van der Waals surface area contributed by atoms with Crippen molar-refractivity contribution in [3.8, 4) is 0 Å². The third-order valence-corrected chi connectivity index (χ3v) is 5.20. The van der Waals surface area contributed by atoms with E-state index < -0.39 is 29.1 Å². The fourth-order valence-electron chi connectivity index (χ4n) is 4.12. The largest absolute Gasteiger partial charge is 0.348 e. The van der Waals surface area contributed by atoms with Crippen molar-refractivity contribution in [3.05, 3.63) is 35.9 Å². The Kier molecular flexibility index (Phi) is 3.97.